The number of unbranched alkanes of at least 4 members (excludes halogenated alkanes) is 35. The van der Waals surface area contributed by atoms with Gasteiger partial charge in [0.25, 0.3) is 7.82 Å². The summed E-state index contributed by atoms with van der Waals surface area (Å²) in [7, 11) is 1.24. The van der Waals surface area contributed by atoms with Crippen molar-refractivity contribution in [2.24, 2.45) is 0 Å². The van der Waals surface area contributed by atoms with Crippen molar-refractivity contribution in [2.75, 3.05) is 40.9 Å². The summed E-state index contributed by atoms with van der Waals surface area (Å²) in [6.45, 7) is 4.65. The number of carbonyl (C=O) groups is 1. The van der Waals surface area contributed by atoms with Gasteiger partial charge in [-0.05, 0) is 70.6 Å². The zero-order chi connectivity index (χ0) is 50.6. The average molecular weight is 992 g/mol. The predicted octanol–water partition coefficient (Wildman–Crippen LogP) is 17.3. The lowest BCUT2D eigenvalue weighted by atomic mass is 10.0. The van der Waals surface area contributed by atoms with Gasteiger partial charge in [0.2, 0.25) is 5.91 Å². The van der Waals surface area contributed by atoms with Gasteiger partial charge in [-0.15, -0.1) is 0 Å². The summed E-state index contributed by atoms with van der Waals surface area (Å²) < 4.78 is 23.3. The van der Waals surface area contributed by atoms with Crippen LogP contribution in [0.3, 0.4) is 0 Å². The molecular weight excluding hydrogens is 876 g/mol. The summed E-state index contributed by atoms with van der Waals surface area (Å²) in [5.41, 5.74) is 0. The summed E-state index contributed by atoms with van der Waals surface area (Å²) in [6.07, 6.45) is 67.7. The number of quaternary nitrogens is 1. The van der Waals surface area contributed by atoms with E-state index in [0.29, 0.717) is 17.4 Å². The van der Waals surface area contributed by atoms with E-state index < -0.39 is 26.6 Å². The first-order valence-electron chi connectivity index (χ1n) is 29.5. The number of phosphoric ester groups is 1. The van der Waals surface area contributed by atoms with Crippen LogP contribution in [0, 0.1) is 0 Å². The third-order valence-electron chi connectivity index (χ3n) is 13.2. The summed E-state index contributed by atoms with van der Waals surface area (Å²) in [5, 5.41) is 13.9. The lowest BCUT2D eigenvalue weighted by Gasteiger charge is -2.29. The van der Waals surface area contributed by atoms with E-state index in [-0.39, 0.29) is 12.5 Å². The van der Waals surface area contributed by atoms with Crippen molar-refractivity contribution in [1.82, 2.24) is 5.32 Å². The Morgan fingerprint density at radius 2 is 0.812 bits per heavy atom. The Morgan fingerprint density at radius 1 is 0.493 bits per heavy atom. The van der Waals surface area contributed by atoms with E-state index in [1.165, 1.54) is 212 Å². The van der Waals surface area contributed by atoms with Crippen LogP contribution in [0.4, 0.5) is 0 Å². The van der Waals surface area contributed by atoms with E-state index in [2.05, 4.69) is 55.6 Å². The van der Waals surface area contributed by atoms with Crippen LogP contribution >= 0.6 is 7.82 Å². The molecule has 0 aliphatic heterocycles. The third-order valence-corrected chi connectivity index (χ3v) is 14.2. The van der Waals surface area contributed by atoms with Crippen LogP contribution < -0.4 is 10.2 Å². The summed E-state index contributed by atoms with van der Waals surface area (Å²) in [5.74, 6) is -0.210. The maximum atomic E-state index is 13.0. The molecule has 0 bridgehead atoms. The first-order valence-corrected chi connectivity index (χ1v) is 31.0. The average Bonchev–Trinajstić information content (AvgIpc) is 3.31. The smallest absolute Gasteiger partial charge is 0.268 e. The van der Waals surface area contributed by atoms with Gasteiger partial charge in [0, 0.05) is 6.42 Å². The highest BCUT2D eigenvalue weighted by Gasteiger charge is 2.23. The van der Waals surface area contributed by atoms with Crippen molar-refractivity contribution < 1.29 is 32.9 Å². The molecule has 0 saturated heterocycles. The highest BCUT2D eigenvalue weighted by Crippen LogP contribution is 2.38. The third kappa shape index (κ3) is 54.1. The maximum absolute atomic E-state index is 13.0. The molecule has 0 rings (SSSR count). The molecule has 0 aromatic heterocycles. The van der Waals surface area contributed by atoms with Crippen LogP contribution in [0.15, 0.2) is 48.6 Å². The van der Waals surface area contributed by atoms with Crippen LogP contribution in [-0.4, -0.2) is 68.5 Å². The SMILES string of the molecule is CCCCCCCCCCCC/C=C/CC/C=C/CC/C=C/C(O)C(COP(=O)([O-])OCC[N+](C)(C)C)NC(=O)CCCCCCCCCCCCC/C=C\CCCCCCCCCCCCCC. The second-order valence-electron chi connectivity index (χ2n) is 21.3. The van der Waals surface area contributed by atoms with E-state index >= 15 is 0 Å². The number of nitrogens with zero attached hydrogens (tertiary/aromatic N) is 1. The zero-order valence-electron chi connectivity index (χ0n) is 46.3. The van der Waals surface area contributed by atoms with Gasteiger partial charge >= 0.3 is 0 Å². The monoisotopic (exact) mass is 991 g/mol. The largest absolute Gasteiger partial charge is 0.756 e. The van der Waals surface area contributed by atoms with E-state index in [4.69, 9.17) is 9.05 Å². The van der Waals surface area contributed by atoms with Crippen LogP contribution in [0.1, 0.15) is 277 Å². The zero-order valence-corrected chi connectivity index (χ0v) is 47.2. The molecule has 3 atom stereocenters. The van der Waals surface area contributed by atoms with Gasteiger partial charge in [-0.2, -0.15) is 0 Å². The number of aliphatic hydroxyl groups is 1. The number of likely N-dealkylation sites (N-methyl/N-ethyl adjacent to an activating group) is 1. The standard InChI is InChI=1S/C60H115N2O6P/c1-6-8-10-12-14-16-18-20-22-24-26-28-29-30-31-32-33-34-36-38-40-42-44-46-48-50-52-54-60(64)61-58(57-68-69(65,66)67-56-55-62(3,4)5)59(63)53-51-49-47-45-43-41-39-37-35-27-25-23-21-19-17-15-13-11-9-7-2/h30-31,35,37,43,45,51,53,58-59,63H,6-29,32-34,36,38-42,44,46-50,52,54-57H2,1-5H3,(H-,61,64,65,66)/b31-30-,37-35+,45-43+,53-51+. The number of phosphoric acid groups is 1. The minimum atomic E-state index is -4.61. The molecule has 0 fully saturated rings. The number of nitrogens with one attached hydrogen (secondary N) is 1. The van der Waals surface area contributed by atoms with E-state index in [1.807, 2.05) is 27.2 Å². The molecule has 0 aliphatic rings. The van der Waals surface area contributed by atoms with Crippen molar-refractivity contribution in [3.05, 3.63) is 48.6 Å². The van der Waals surface area contributed by atoms with Crippen molar-refractivity contribution in [1.29, 1.82) is 0 Å². The van der Waals surface area contributed by atoms with Gasteiger partial charge in [0.05, 0.1) is 39.9 Å². The second kappa shape index (κ2) is 51.4. The first kappa shape index (κ1) is 67.5. The summed E-state index contributed by atoms with van der Waals surface area (Å²) in [4.78, 5) is 25.5. The van der Waals surface area contributed by atoms with Crippen molar-refractivity contribution in [2.45, 2.75) is 289 Å². The Labute approximate surface area is 429 Å². The van der Waals surface area contributed by atoms with E-state index in [0.717, 1.165) is 44.9 Å². The quantitative estimate of drug-likeness (QED) is 0.0272. The molecule has 3 unspecified atom stereocenters. The summed E-state index contributed by atoms with van der Waals surface area (Å²) >= 11 is 0. The van der Waals surface area contributed by atoms with Gasteiger partial charge in [-0.25, -0.2) is 0 Å². The molecule has 406 valence electrons. The van der Waals surface area contributed by atoms with E-state index in [9.17, 15) is 19.4 Å². The van der Waals surface area contributed by atoms with Crippen LogP contribution in [-0.2, 0) is 18.4 Å². The normalized spacial score (nSPS) is 14.2. The van der Waals surface area contributed by atoms with Gasteiger partial charge < -0.3 is 28.8 Å². The van der Waals surface area contributed by atoms with E-state index in [1.54, 1.807) is 6.08 Å². The lowest BCUT2D eigenvalue weighted by Crippen LogP contribution is -2.45. The summed E-state index contributed by atoms with van der Waals surface area (Å²) in [6, 6.07) is -0.911. The number of amides is 1. The minimum absolute atomic E-state index is 0.00932. The Balaban J connectivity index is 4.23. The molecule has 0 heterocycles. The number of hydrogen-bond acceptors (Lipinski definition) is 6. The fraction of sp³-hybridized carbons (Fsp3) is 0.850. The first-order chi connectivity index (χ1) is 33.5. The number of rotatable bonds is 54. The Hall–Kier alpha value is -1.54. The lowest BCUT2D eigenvalue weighted by molar-refractivity contribution is -0.870. The maximum Gasteiger partial charge on any atom is 0.268 e. The molecule has 0 saturated carbocycles. The van der Waals surface area contributed by atoms with Crippen LogP contribution in [0.25, 0.3) is 0 Å². The van der Waals surface area contributed by atoms with Gasteiger partial charge in [0.15, 0.2) is 0 Å². The molecule has 0 spiro atoms. The van der Waals surface area contributed by atoms with Crippen molar-refractivity contribution >= 4 is 13.7 Å². The van der Waals surface area contributed by atoms with Gasteiger partial charge in [-0.3, -0.25) is 9.36 Å². The molecule has 69 heavy (non-hydrogen) atoms. The fourth-order valence-electron chi connectivity index (χ4n) is 8.59. The van der Waals surface area contributed by atoms with Gasteiger partial charge in [-0.1, -0.05) is 249 Å². The Bertz CT molecular complexity index is 1260. The number of carbonyl (C=O) groups excluding carboxylic acids is 1. The molecule has 0 radical (unpaired) electrons. The molecule has 8 nitrogen and oxygen atoms in total. The number of hydrogen-bond donors (Lipinski definition) is 2. The molecule has 1 amide bonds. The topological polar surface area (TPSA) is 108 Å². The molecule has 0 aromatic rings. The highest BCUT2D eigenvalue weighted by atomic mass is 31.2. The second-order valence-corrected chi connectivity index (χ2v) is 22.7. The molecule has 9 heteroatoms. The Morgan fingerprint density at radius 3 is 1.17 bits per heavy atom. The van der Waals surface area contributed by atoms with Crippen molar-refractivity contribution in [3.63, 3.8) is 0 Å². The van der Waals surface area contributed by atoms with Gasteiger partial charge in [0.1, 0.15) is 13.2 Å². The molecule has 2 N–H and O–H groups in total. The number of allylic oxidation sites excluding steroid dienone is 7. The minimum Gasteiger partial charge on any atom is -0.756 e. The predicted molar refractivity (Wildman–Crippen MR) is 298 cm³/mol. The molecule has 0 aromatic carbocycles. The fourth-order valence-corrected chi connectivity index (χ4v) is 9.32. The van der Waals surface area contributed by atoms with Crippen molar-refractivity contribution in [3.8, 4) is 0 Å². The molecular formula is C60H115N2O6P. The highest BCUT2D eigenvalue weighted by molar-refractivity contribution is 7.45. The Kier molecular flexibility index (Phi) is 50.2. The molecule has 0 aliphatic carbocycles. The number of aliphatic hydroxyl groups excluding tert-OH is 1. The van der Waals surface area contributed by atoms with Crippen LogP contribution in [0.2, 0.25) is 0 Å². The van der Waals surface area contributed by atoms with Crippen LogP contribution in [0.5, 0.6) is 0 Å².